The number of carbonyl (C=O) groups is 1. The standard InChI is InChI=1S/C24H40N4O3/c1-24(2,3)31-23(29)27-12-6-20(7-13-27)22-25-21(19-8-16-30-17-9-19)18-28(22)15-14-26-10-4-5-11-26/h18-20H,4-17H2,1-3H3. The molecular weight excluding hydrogens is 392 g/mol. The van der Waals surface area contributed by atoms with Gasteiger partial charge in [0.15, 0.2) is 0 Å². The SMILES string of the molecule is CC(C)(C)OC(=O)N1CCC(c2nc(C3CCOCC3)cn2CCN2CCCC2)CC1. The Kier molecular flexibility index (Phi) is 7.22. The van der Waals surface area contributed by atoms with Crippen LogP contribution in [0.15, 0.2) is 6.20 Å². The Labute approximate surface area is 187 Å². The third kappa shape index (κ3) is 6.01. The van der Waals surface area contributed by atoms with Gasteiger partial charge in [0.2, 0.25) is 0 Å². The summed E-state index contributed by atoms with van der Waals surface area (Å²) in [6.07, 6.45) is 8.83. The fraction of sp³-hybridized carbons (Fsp3) is 0.833. The van der Waals surface area contributed by atoms with E-state index < -0.39 is 5.60 Å². The van der Waals surface area contributed by atoms with E-state index in [0.29, 0.717) is 11.8 Å². The minimum Gasteiger partial charge on any atom is -0.444 e. The smallest absolute Gasteiger partial charge is 0.410 e. The lowest BCUT2D eigenvalue weighted by Gasteiger charge is -2.33. The van der Waals surface area contributed by atoms with Gasteiger partial charge in [0.1, 0.15) is 11.4 Å². The van der Waals surface area contributed by atoms with E-state index in [2.05, 4.69) is 15.7 Å². The lowest BCUT2D eigenvalue weighted by molar-refractivity contribution is 0.0202. The van der Waals surface area contributed by atoms with Gasteiger partial charge in [0.25, 0.3) is 0 Å². The number of aromatic nitrogens is 2. The van der Waals surface area contributed by atoms with Crippen LogP contribution in [0.3, 0.4) is 0 Å². The number of ether oxygens (including phenoxy) is 2. The first-order valence-corrected chi connectivity index (χ1v) is 12.2. The van der Waals surface area contributed by atoms with Gasteiger partial charge in [0, 0.05) is 57.4 Å². The molecule has 174 valence electrons. The van der Waals surface area contributed by atoms with Gasteiger partial charge in [-0.3, -0.25) is 0 Å². The third-order valence-electron chi connectivity index (χ3n) is 6.83. The first-order chi connectivity index (χ1) is 14.9. The summed E-state index contributed by atoms with van der Waals surface area (Å²) in [5, 5.41) is 0. The fourth-order valence-electron chi connectivity index (χ4n) is 5.05. The normalized spacial score (nSPS) is 22.2. The van der Waals surface area contributed by atoms with Gasteiger partial charge in [-0.25, -0.2) is 9.78 Å². The van der Waals surface area contributed by atoms with E-state index in [-0.39, 0.29) is 6.09 Å². The van der Waals surface area contributed by atoms with Crippen LogP contribution in [0.25, 0.3) is 0 Å². The molecular formula is C24H40N4O3. The highest BCUT2D eigenvalue weighted by Gasteiger charge is 2.31. The molecule has 4 heterocycles. The number of imidazole rings is 1. The highest BCUT2D eigenvalue weighted by molar-refractivity contribution is 5.68. The minimum absolute atomic E-state index is 0.189. The quantitative estimate of drug-likeness (QED) is 0.704. The second-order valence-corrected chi connectivity index (χ2v) is 10.4. The average Bonchev–Trinajstić information content (AvgIpc) is 3.42. The zero-order chi connectivity index (χ0) is 21.8. The van der Waals surface area contributed by atoms with Gasteiger partial charge in [-0.15, -0.1) is 0 Å². The fourth-order valence-corrected chi connectivity index (χ4v) is 5.05. The molecule has 3 saturated heterocycles. The van der Waals surface area contributed by atoms with E-state index in [1.54, 1.807) is 0 Å². The van der Waals surface area contributed by atoms with Gasteiger partial charge < -0.3 is 23.8 Å². The summed E-state index contributed by atoms with van der Waals surface area (Å²) in [4.78, 5) is 22.1. The number of amides is 1. The van der Waals surface area contributed by atoms with Crippen LogP contribution in [-0.2, 0) is 16.0 Å². The number of nitrogens with zero attached hydrogens (tertiary/aromatic N) is 4. The number of hydrogen-bond donors (Lipinski definition) is 0. The molecule has 1 amide bonds. The van der Waals surface area contributed by atoms with Crippen LogP contribution in [-0.4, -0.2) is 77.0 Å². The Morgan fingerprint density at radius 3 is 2.35 bits per heavy atom. The second kappa shape index (κ2) is 9.90. The summed E-state index contributed by atoms with van der Waals surface area (Å²) in [7, 11) is 0. The van der Waals surface area contributed by atoms with Crippen molar-refractivity contribution in [1.82, 2.24) is 19.4 Å². The molecule has 7 heteroatoms. The van der Waals surface area contributed by atoms with Crippen molar-refractivity contribution in [2.24, 2.45) is 0 Å². The van der Waals surface area contributed by atoms with Gasteiger partial charge in [-0.1, -0.05) is 0 Å². The van der Waals surface area contributed by atoms with Crippen molar-refractivity contribution in [2.75, 3.05) is 45.9 Å². The summed E-state index contributed by atoms with van der Waals surface area (Å²) in [6.45, 7) is 13.5. The predicted molar refractivity (Wildman–Crippen MR) is 120 cm³/mol. The second-order valence-electron chi connectivity index (χ2n) is 10.4. The van der Waals surface area contributed by atoms with E-state index in [1.807, 2.05) is 25.7 Å². The summed E-state index contributed by atoms with van der Waals surface area (Å²) in [5.74, 6) is 2.15. The van der Waals surface area contributed by atoms with Crippen LogP contribution in [0.4, 0.5) is 4.79 Å². The maximum Gasteiger partial charge on any atom is 0.410 e. The molecule has 31 heavy (non-hydrogen) atoms. The van der Waals surface area contributed by atoms with Crippen LogP contribution in [0.2, 0.25) is 0 Å². The molecule has 3 fully saturated rings. The van der Waals surface area contributed by atoms with Crippen molar-refractivity contribution >= 4 is 6.09 Å². The molecule has 1 aromatic heterocycles. The maximum absolute atomic E-state index is 12.4. The van der Waals surface area contributed by atoms with E-state index in [0.717, 1.165) is 65.1 Å². The average molecular weight is 433 g/mol. The first kappa shape index (κ1) is 22.6. The molecule has 0 unspecified atom stereocenters. The third-order valence-corrected chi connectivity index (χ3v) is 6.83. The van der Waals surface area contributed by atoms with Crippen molar-refractivity contribution in [2.45, 2.75) is 83.3 Å². The molecule has 3 aliphatic heterocycles. The van der Waals surface area contributed by atoms with E-state index >= 15 is 0 Å². The number of carbonyl (C=O) groups excluding carboxylic acids is 1. The highest BCUT2D eigenvalue weighted by Crippen LogP contribution is 2.32. The number of hydrogen-bond acceptors (Lipinski definition) is 5. The van der Waals surface area contributed by atoms with Gasteiger partial charge in [-0.2, -0.15) is 0 Å². The van der Waals surface area contributed by atoms with E-state index in [9.17, 15) is 4.79 Å². The largest absolute Gasteiger partial charge is 0.444 e. The van der Waals surface area contributed by atoms with Crippen LogP contribution < -0.4 is 0 Å². The van der Waals surface area contributed by atoms with E-state index in [1.165, 1.54) is 37.4 Å². The summed E-state index contributed by atoms with van der Waals surface area (Å²) >= 11 is 0. The first-order valence-electron chi connectivity index (χ1n) is 12.2. The molecule has 4 rings (SSSR count). The van der Waals surface area contributed by atoms with Crippen molar-refractivity contribution < 1.29 is 14.3 Å². The van der Waals surface area contributed by atoms with Crippen molar-refractivity contribution in [3.8, 4) is 0 Å². The van der Waals surface area contributed by atoms with Crippen molar-refractivity contribution in [1.29, 1.82) is 0 Å². The van der Waals surface area contributed by atoms with Crippen LogP contribution >= 0.6 is 0 Å². The molecule has 7 nitrogen and oxygen atoms in total. The molecule has 0 spiro atoms. The van der Waals surface area contributed by atoms with Crippen LogP contribution in [0.5, 0.6) is 0 Å². The molecule has 0 bridgehead atoms. The van der Waals surface area contributed by atoms with Crippen LogP contribution in [0, 0.1) is 0 Å². The molecule has 3 aliphatic rings. The van der Waals surface area contributed by atoms with Gasteiger partial charge >= 0.3 is 6.09 Å². The highest BCUT2D eigenvalue weighted by atomic mass is 16.6. The molecule has 0 atom stereocenters. The molecule has 0 radical (unpaired) electrons. The predicted octanol–water partition coefficient (Wildman–Crippen LogP) is 3.99. The summed E-state index contributed by atoms with van der Waals surface area (Å²) < 4.78 is 13.6. The monoisotopic (exact) mass is 432 g/mol. The Balaban J connectivity index is 1.43. The summed E-state index contributed by atoms with van der Waals surface area (Å²) in [5.41, 5.74) is 0.799. The Morgan fingerprint density at radius 1 is 1.03 bits per heavy atom. The maximum atomic E-state index is 12.4. The minimum atomic E-state index is -0.446. The lowest BCUT2D eigenvalue weighted by atomic mass is 9.95. The molecule has 0 aliphatic carbocycles. The Bertz CT molecular complexity index is 722. The number of rotatable bonds is 5. The number of piperidine rings is 1. The van der Waals surface area contributed by atoms with Crippen molar-refractivity contribution in [3.05, 3.63) is 17.7 Å². The molecule has 0 N–H and O–H groups in total. The molecule has 0 aromatic carbocycles. The van der Waals surface area contributed by atoms with Crippen LogP contribution in [0.1, 0.15) is 82.7 Å². The molecule has 1 aromatic rings. The number of likely N-dealkylation sites (tertiary alicyclic amines) is 2. The summed E-state index contributed by atoms with van der Waals surface area (Å²) in [6, 6.07) is 0. The Hall–Kier alpha value is -1.60. The zero-order valence-corrected chi connectivity index (χ0v) is 19.6. The zero-order valence-electron chi connectivity index (χ0n) is 19.6. The Morgan fingerprint density at radius 2 is 1.71 bits per heavy atom. The van der Waals surface area contributed by atoms with Gasteiger partial charge in [0.05, 0.1) is 5.69 Å². The lowest BCUT2D eigenvalue weighted by Crippen LogP contribution is -2.41. The van der Waals surface area contributed by atoms with Gasteiger partial charge in [-0.05, 0) is 72.4 Å². The van der Waals surface area contributed by atoms with Crippen molar-refractivity contribution in [3.63, 3.8) is 0 Å². The topological polar surface area (TPSA) is 59.8 Å². The molecule has 0 saturated carbocycles. The van der Waals surface area contributed by atoms with E-state index in [4.69, 9.17) is 14.5 Å².